The molecule has 2 fully saturated rings. The van der Waals surface area contributed by atoms with Crippen LogP contribution in [0.3, 0.4) is 0 Å². The fourth-order valence-electron chi connectivity index (χ4n) is 7.55. The predicted octanol–water partition coefficient (Wildman–Crippen LogP) is 6.69. The molecule has 2 heterocycles. The predicted molar refractivity (Wildman–Crippen MR) is 272 cm³/mol. The Kier molecular flexibility index (Phi) is 20.6. The van der Waals surface area contributed by atoms with Gasteiger partial charge in [-0.25, -0.2) is 30.3 Å². The van der Waals surface area contributed by atoms with Crippen molar-refractivity contribution in [1.82, 2.24) is 15.4 Å². The lowest BCUT2D eigenvalue weighted by molar-refractivity contribution is -0.121. The third-order valence-electron chi connectivity index (χ3n) is 11.6. The second kappa shape index (κ2) is 27.0. The van der Waals surface area contributed by atoms with Crippen molar-refractivity contribution in [3.05, 3.63) is 203 Å². The Bertz CT molecular complexity index is 2980. The number of Topliss-reactive ketones (excluding diaryl/α,β-unsaturated/α-hetero) is 2. The molecule has 0 spiro atoms. The first-order valence-electron chi connectivity index (χ1n) is 23.2. The molecule has 2 aliphatic heterocycles. The van der Waals surface area contributed by atoms with Gasteiger partial charge in [-0.3, -0.25) is 19.2 Å². The first-order valence-corrected chi connectivity index (χ1v) is 27.0. The number of carbonyl (C=O) groups excluding carboxylic acids is 4. The minimum Gasteiger partial charge on any atom is -0.380 e. The summed E-state index contributed by atoms with van der Waals surface area (Å²) in [7, 11) is -2.23. The first kappa shape index (κ1) is 55.8. The van der Waals surface area contributed by atoms with Gasteiger partial charge in [0.1, 0.15) is 11.6 Å². The van der Waals surface area contributed by atoms with Crippen LogP contribution in [0.2, 0.25) is 0 Å². The summed E-state index contributed by atoms with van der Waals surface area (Å²) in [6.07, 6.45) is 2.22. The largest absolute Gasteiger partial charge is 0.380 e. The van der Waals surface area contributed by atoms with Crippen LogP contribution in [0.4, 0.5) is 8.78 Å². The molecule has 384 valence electrons. The fraction of sp³-hybridized carbons (Fsp3) is 0.259. The summed E-state index contributed by atoms with van der Waals surface area (Å²) in [6.45, 7) is 2.50. The third kappa shape index (κ3) is 18.2. The third-order valence-corrected chi connectivity index (χ3v) is 14.5. The van der Waals surface area contributed by atoms with Gasteiger partial charge < -0.3 is 25.8 Å². The molecule has 14 nitrogen and oxygen atoms in total. The molecule has 0 radical (unpaired) electrons. The highest BCUT2D eigenvalue weighted by molar-refractivity contribution is 8.13. The van der Waals surface area contributed by atoms with Crippen LogP contribution in [0, 0.1) is 11.6 Å². The molecule has 8 rings (SSSR count). The van der Waals surface area contributed by atoms with Gasteiger partial charge in [0.25, 0.3) is 20.9 Å². The number of halogens is 3. The molecule has 6 aromatic carbocycles. The molecular weight excluding hydrogens is 1000 g/mol. The molecule has 4 atom stereocenters. The quantitative estimate of drug-likeness (QED) is 0.0666. The van der Waals surface area contributed by atoms with Gasteiger partial charge in [-0.05, 0) is 121 Å². The number of hydrogen-bond acceptors (Lipinski definition) is 11. The van der Waals surface area contributed by atoms with Gasteiger partial charge in [0.15, 0.2) is 11.6 Å². The molecule has 0 aromatic heterocycles. The molecule has 2 amide bonds. The zero-order chi connectivity index (χ0) is 52.4. The van der Waals surface area contributed by atoms with E-state index in [1.165, 1.54) is 84.9 Å². The SMILES string of the molecule is N[C@@H]1CCOC1.O=C(N[C@@H](Cc1ccccc1)C(=O)Cc1ccc(S(=O)(=O)Cl)cc1)c1ccc(F)cc1.O=C(N[C@@H](Cc1ccccc1)C(=O)Cc1ccc(S(=O)(=O)N[C@@H]2CCOC2)cc1)c1ccc(F)cc1. The molecule has 0 aliphatic carbocycles. The van der Waals surface area contributed by atoms with E-state index in [-0.39, 0.29) is 64.2 Å². The molecule has 2 saturated heterocycles. The van der Waals surface area contributed by atoms with Crippen molar-refractivity contribution in [2.45, 2.75) is 72.5 Å². The van der Waals surface area contributed by atoms with E-state index < -0.39 is 54.6 Å². The van der Waals surface area contributed by atoms with E-state index in [1.807, 2.05) is 60.7 Å². The standard InChI is InChI=1S/C27H27FN2O5S.C23H19ClFNO4S.C4H9NO/c28-22-10-8-21(9-11-22)27(32)29-25(16-19-4-2-1-3-5-19)26(31)17-20-6-12-24(13-7-20)36(33,34)30-23-14-15-35-18-23;24-31(29,30)20-12-6-17(7-13-20)15-22(27)21(14-16-4-2-1-3-5-16)26-23(28)18-8-10-19(25)11-9-18;5-4-1-2-6-3-4/h1-13,23,25,30H,14-18H2,(H,29,32);1-13,21H,14-15H2,(H,26,28);4H,1-3,5H2/t23-,25+;21-;4-/m101/s1. The fourth-order valence-corrected chi connectivity index (χ4v) is 9.57. The second-order valence-electron chi connectivity index (χ2n) is 17.3. The molecule has 73 heavy (non-hydrogen) atoms. The Balaban J connectivity index is 0.000000215. The van der Waals surface area contributed by atoms with Crippen molar-refractivity contribution < 1.29 is 54.3 Å². The molecular formula is C54H55ClF2N4O10S2. The highest BCUT2D eigenvalue weighted by Crippen LogP contribution is 2.19. The van der Waals surface area contributed by atoms with Crippen molar-refractivity contribution in [2.24, 2.45) is 5.73 Å². The maximum atomic E-state index is 13.2. The molecule has 2 aliphatic rings. The lowest BCUT2D eigenvalue weighted by atomic mass is 9.97. The number of benzene rings is 6. The van der Waals surface area contributed by atoms with Crippen LogP contribution in [0.15, 0.2) is 168 Å². The molecule has 19 heteroatoms. The average molecular weight is 1060 g/mol. The smallest absolute Gasteiger partial charge is 0.261 e. The van der Waals surface area contributed by atoms with Gasteiger partial charge in [0, 0.05) is 59.9 Å². The average Bonchev–Trinajstić information content (AvgIpc) is 4.09. The minimum absolute atomic E-state index is 0.00538. The Hall–Kier alpha value is -6.51. The number of ether oxygens (including phenoxy) is 2. The maximum Gasteiger partial charge on any atom is 0.261 e. The Morgan fingerprint density at radius 2 is 0.959 bits per heavy atom. The first-order chi connectivity index (χ1) is 34.9. The van der Waals surface area contributed by atoms with E-state index in [9.17, 15) is 44.8 Å². The van der Waals surface area contributed by atoms with E-state index in [0.717, 1.165) is 30.8 Å². The highest BCUT2D eigenvalue weighted by Gasteiger charge is 2.26. The Morgan fingerprint density at radius 3 is 1.32 bits per heavy atom. The number of rotatable bonds is 18. The summed E-state index contributed by atoms with van der Waals surface area (Å²) in [5, 5.41) is 5.50. The van der Waals surface area contributed by atoms with Crippen molar-refractivity contribution >= 4 is 53.1 Å². The van der Waals surface area contributed by atoms with Gasteiger partial charge >= 0.3 is 0 Å². The van der Waals surface area contributed by atoms with Crippen molar-refractivity contribution in [2.75, 3.05) is 26.4 Å². The Labute approximate surface area is 428 Å². The summed E-state index contributed by atoms with van der Waals surface area (Å²) < 4.78 is 87.1. The van der Waals surface area contributed by atoms with Gasteiger partial charge in [0.2, 0.25) is 10.0 Å². The minimum atomic E-state index is -3.85. The number of nitrogens with one attached hydrogen (secondary N) is 3. The molecule has 0 unspecified atom stereocenters. The monoisotopic (exact) mass is 1060 g/mol. The van der Waals surface area contributed by atoms with Gasteiger partial charge in [-0.15, -0.1) is 0 Å². The molecule has 5 N–H and O–H groups in total. The van der Waals surface area contributed by atoms with Crippen LogP contribution in [-0.4, -0.2) is 90.8 Å². The van der Waals surface area contributed by atoms with Crippen LogP contribution >= 0.6 is 10.7 Å². The normalized spacial score (nSPS) is 16.1. The van der Waals surface area contributed by atoms with Crippen molar-refractivity contribution in [3.8, 4) is 0 Å². The summed E-state index contributed by atoms with van der Waals surface area (Å²) in [5.41, 5.74) is 8.84. The van der Waals surface area contributed by atoms with Crippen molar-refractivity contribution in [1.29, 1.82) is 0 Å². The molecule has 0 saturated carbocycles. The number of nitrogens with two attached hydrogens (primary N) is 1. The van der Waals surface area contributed by atoms with Gasteiger partial charge in [-0.1, -0.05) is 84.9 Å². The van der Waals surface area contributed by atoms with Crippen LogP contribution in [0.1, 0.15) is 55.8 Å². The number of ketones is 2. The van der Waals surface area contributed by atoms with E-state index in [4.69, 9.17) is 25.9 Å². The number of amides is 2. The lowest BCUT2D eigenvalue weighted by Crippen LogP contribution is -2.43. The zero-order valence-corrected chi connectivity index (χ0v) is 41.9. The van der Waals surface area contributed by atoms with Crippen LogP contribution in [0.25, 0.3) is 0 Å². The Morgan fingerprint density at radius 1 is 0.548 bits per heavy atom. The van der Waals surface area contributed by atoms with Crippen molar-refractivity contribution in [3.63, 3.8) is 0 Å². The summed E-state index contributed by atoms with van der Waals surface area (Å²) in [4.78, 5) is 51.6. The molecule has 6 aromatic rings. The number of carbonyl (C=O) groups is 4. The lowest BCUT2D eigenvalue weighted by Gasteiger charge is -2.18. The van der Waals surface area contributed by atoms with Crippen LogP contribution < -0.4 is 21.1 Å². The summed E-state index contributed by atoms with van der Waals surface area (Å²) in [5.74, 6) is -2.37. The number of hydrogen-bond donors (Lipinski definition) is 4. The maximum absolute atomic E-state index is 13.2. The van der Waals surface area contributed by atoms with Gasteiger partial charge in [0.05, 0.1) is 35.1 Å². The van der Waals surface area contributed by atoms with E-state index in [0.29, 0.717) is 36.8 Å². The van der Waals surface area contributed by atoms with Crippen LogP contribution in [-0.2, 0) is 63.8 Å². The van der Waals surface area contributed by atoms with Crippen LogP contribution in [0.5, 0.6) is 0 Å². The second-order valence-corrected chi connectivity index (χ2v) is 21.5. The summed E-state index contributed by atoms with van der Waals surface area (Å²) in [6, 6.07) is 38.9. The van der Waals surface area contributed by atoms with E-state index >= 15 is 0 Å². The summed E-state index contributed by atoms with van der Waals surface area (Å²) >= 11 is 0. The van der Waals surface area contributed by atoms with E-state index in [1.54, 1.807) is 12.1 Å². The van der Waals surface area contributed by atoms with E-state index in [2.05, 4.69) is 15.4 Å². The topological polar surface area (TPSA) is 217 Å². The van der Waals surface area contributed by atoms with Gasteiger partial charge in [-0.2, -0.15) is 0 Å². The zero-order valence-electron chi connectivity index (χ0n) is 39.5. The number of sulfonamides is 1. The molecule has 0 bridgehead atoms. The highest BCUT2D eigenvalue weighted by atomic mass is 35.7.